The molecule has 0 atom stereocenters. The van der Waals surface area contributed by atoms with Crippen LogP contribution in [0.5, 0.6) is 0 Å². The summed E-state index contributed by atoms with van der Waals surface area (Å²) in [5, 5.41) is 9.47. The van der Waals surface area contributed by atoms with Crippen LogP contribution >= 0.6 is 11.6 Å². The largest absolute Gasteiger partial charge is 0.319 e. The summed E-state index contributed by atoms with van der Waals surface area (Å²) < 4.78 is 0. The van der Waals surface area contributed by atoms with E-state index in [-0.39, 0.29) is 5.91 Å². The number of halogens is 1. The van der Waals surface area contributed by atoms with E-state index in [1.165, 1.54) is 6.20 Å². The second-order valence-corrected chi connectivity index (χ2v) is 3.83. The maximum absolute atomic E-state index is 11.8. The van der Waals surface area contributed by atoms with E-state index in [0.29, 0.717) is 16.3 Å². The Bertz CT molecular complexity index is 508. The Morgan fingerprint density at radius 1 is 1.50 bits per heavy atom. The van der Waals surface area contributed by atoms with Crippen molar-refractivity contribution in [1.29, 1.82) is 0 Å². The lowest BCUT2D eigenvalue weighted by atomic mass is 10.1. The van der Waals surface area contributed by atoms with E-state index in [1.807, 2.05) is 13.0 Å². The third-order valence-electron chi connectivity index (χ3n) is 2.13. The molecule has 2 aromatic rings. The van der Waals surface area contributed by atoms with Crippen molar-refractivity contribution in [2.45, 2.75) is 6.92 Å². The number of carbonyl (C=O) groups is 1. The van der Waals surface area contributed by atoms with Gasteiger partial charge in [0.1, 0.15) is 0 Å². The average Bonchev–Trinajstić information content (AvgIpc) is 2.70. The number of hydrogen-bond donors (Lipinski definition) is 2. The molecule has 0 fully saturated rings. The Balaban J connectivity index is 2.21. The number of aromatic amines is 1. The minimum absolute atomic E-state index is 0.244. The molecule has 0 spiro atoms. The molecule has 0 bridgehead atoms. The monoisotopic (exact) mass is 235 g/mol. The van der Waals surface area contributed by atoms with Gasteiger partial charge in [0.25, 0.3) is 5.91 Å². The number of anilines is 1. The number of aryl methyl sites for hydroxylation is 1. The van der Waals surface area contributed by atoms with Gasteiger partial charge in [0, 0.05) is 6.20 Å². The number of hydrogen-bond acceptors (Lipinski definition) is 2. The molecule has 1 heterocycles. The molecule has 5 heteroatoms. The molecule has 0 aliphatic carbocycles. The molecule has 2 rings (SSSR count). The molecular formula is C11H10ClN3O. The molecule has 0 radical (unpaired) electrons. The van der Waals surface area contributed by atoms with Crippen LogP contribution in [0.3, 0.4) is 0 Å². The number of nitrogens with zero attached hydrogens (tertiary/aromatic N) is 1. The molecule has 0 unspecified atom stereocenters. The van der Waals surface area contributed by atoms with Crippen LogP contribution in [0, 0.1) is 6.92 Å². The lowest BCUT2D eigenvalue weighted by Gasteiger charge is -2.05. The van der Waals surface area contributed by atoms with Crippen LogP contribution in [0.15, 0.2) is 30.6 Å². The van der Waals surface area contributed by atoms with Gasteiger partial charge >= 0.3 is 0 Å². The van der Waals surface area contributed by atoms with Gasteiger partial charge in [0.15, 0.2) is 0 Å². The van der Waals surface area contributed by atoms with Gasteiger partial charge in [-0.25, -0.2) is 0 Å². The average molecular weight is 236 g/mol. The van der Waals surface area contributed by atoms with Crippen LogP contribution in [-0.4, -0.2) is 16.1 Å². The van der Waals surface area contributed by atoms with E-state index < -0.39 is 0 Å². The minimum atomic E-state index is -0.244. The standard InChI is InChI=1S/C11H10ClN3O/c1-7-2-3-9(10(12)4-7)11(16)15-8-5-13-14-6-8/h2-6H,1H3,(H,13,14)(H,15,16). The predicted octanol–water partition coefficient (Wildman–Crippen LogP) is 2.62. The maximum atomic E-state index is 11.8. The van der Waals surface area contributed by atoms with Crippen molar-refractivity contribution < 1.29 is 4.79 Å². The van der Waals surface area contributed by atoms with E-state index in [2.05, 4.69) is 15.5 Å². The zero-order valence-corrected chi connectivity index (χ0v) is 9.38. The van der Waals surface area contributed by atoms with Crippen LogP contribution in [0.1, 0.15) is 15.9 Å². The fraction of sp³-hybridized carbons (Fsp3) is 0.0909. The number of carbonyl (C=O) groups excluding carboxylic acids is 1. The number of benzene rings is 1. The van der Waals surface area contributed by atoms with Crippen LogP contribution in [0.2, 0.25) is 5.02 Å². The SMILES string of the molecule is Cc1ccc(C(=O)Nc2cn[nH]c2)c(Cl)c1. The molecule has 0 saturated heterocycles. The van der Waals surface area contributed by atoms with Gasteiger partial charge in [-0.15, -0.1) is 0 Å². The van der Waals surface area contributed by atoms with Crippen molar-refractivity contribution in [3.63, 3.8) is 0 Å². The Hall–Kier alpha value is -1.81. The molecule has 82 valence electrons. The van der Waals surface area contributed by atoms with Crippen LogP contribution < -0.4 is 5.32 Å². The summed E-state index contributed by atoms with van der Waals surface area (Å²) in [5.74, 6) is -0.244. The number of H-pyrrole nitrogens is 1. The van der Waals surface area contributed by atoms with E-state index in [0.717, 1.165) is 5.56 Å². The summed E-state index contributed by atoms with van der Waals surface area (Å²) >= 11 is 5.98. The zero-order valence-electron chi connectivity index (χ0n) is 8.62. The normalized spacial score (nSPS) is 10.1. The topological polar surface area (TPSA) is 57.8 Å². The molecule has 2 N–H and O–H groups in total. The minimum Gasteiger partial charge on any atom is -0.319 e. The first kappa shape index (κ1) is 10.7. The van der Waals surface area contributed by atoms with Crippen molar-refractivity contribution in [2.75, 3.05) is 5.32 Å². The highest BCUT2D eigenvalue weighted by Gasteiger charge is 2.10. The molecule has 1 aromatic heterocycles. The van der Waals surface area contributed by atoms with Crippen LogP contribution in [0.25, 0.3) is 0 Å². The van der Waals surface area contributed by atoms with Crippen molar-refractivity contribution in [2.24, 2.45) is 0 Å². The molecule has 0 aliphatic heterocycles. The van der Waals surface area contributed by atoms with Gasteiger partial charge in [0.05, 0.1) is 22.5 Å². The van der Waals surface area contributed by atoms with Crippen LogP contribution in [-0.2, 0) is 0 Å². The first-order valence-electron chi connectivity index (χ1n) is 4.73. The summed E-state index contributed by atoms with van der Waals surface area (Å²) in [5.41, 5.74) is 2.08. The third kappa shape index (κ3) is 2.23. The summed E-state index contributed by atoms with van der Waals surface area (Å²) in [6.07, 6.45) is 3.12. The van der Waals surface area contributed by atoms with Crippen molar-refractivity contribution >= 4 is 23.2 Å². The van der Waals surface area contributed by atoms with Crippen molar-refractivity contribution in [3.8, 4) is 0 Å². The third-order valence-corrected chi connectivity index (χ3v) is 2.44. The molecular weight excluding hydrogens is 226 g/mol. The summed E-state index contributed by atoms with van der Waals surface area (Å²) in [6.45, 7) is 1.92. The lowest BCUT2D eigenvalue weighted by molar-refractivity contribution is 0.102. The fourth-order valence-electron chi connectivity index (χ4n) is 1.32. The number of aromatic nitrogens is 2. The zero-order chi connectivity index (χ0) is 11.5. The molecule has 4 nitrogen and oxygen atoms in total. The second kappa shape index (κ2) is 4.37. The summed E-state index contributed by atoms with van der Waals surface area (Å²) in [6, 6.07) is 5.30. The first-order chi connectivity index (χ1) is 7.66. The molecule has 1 amide bonds. The van der Waals surface area contributed by atoms with Gasteiger partial charge in [-0.3, -0.25) is 9.89 Å². The number of rotatable bonds is 2. The van der Waals surface area contributed by atoms with Crippen LogP contribution in [0.4, 0.5) is 5.69 Å². The van der Waals surface area contributed by atoms with Gasteiger partial charge in [0.2, 0.25) is 0 Å². The number of amides is 1. The van der Waals surface area contributed by atoms with Gasteiger partial charge in [-0.2, -0.15) is 5.10 Å². The highest BCUT2D eigenvalue weighted by molar-refractivity contribution is 6.34. The molecule has 16 heavy (non-hydrogen) atoms. The summed E-state index contributed by atoms with van der Waals surface area (Å²) in [4.78, 5) is 11.8. The molecule has 0 saturated carbocycles. The smallest absolute Gasteiger partial charge is 0.257 e. The fourth-order valence-corrected chi connectivity index (χ4v) is 1.64. The Kier molecular flexibility index (Phi) is 2.92. The lowest BCUT2D eigenvalue weighted by Crippen LogP contribution is -2.11. The Morgan fingerprint density at radius 3 is 2.94 bits per heavy atom. The number of nitrogens with one attached hydrogen (secondary N) is 2. The predicted molar refractivity (Wildman–Crippen MR) is 62.7 cm³/mol. The van der Waals surface area contributed by atoms with Gasteiger partial charge in [-0.1, -0.05) is 17.7 Å². The quantitative estimate of drug-likeness (QED) is 0.841. The van der Waals surface area contributed by atoms with E-state index in [4.69, 9.17) is 11.6 Å². The van der Waals surface area contributed by atoms with Crippen molar-refractivity contribution in [1.82, 2.24) is 10.2 Å². The second-order valence-electron chi connectivity index (χ2n) is 3.42. The molecule has 0 aliphatic rings. The maximum Gasteiger partial charge on any atom is 0.257 e. The van der Waals surface area contributed by atoms with E-state index in [9.17, 15) is 4.79 Å². The van der Waals surface area contributed by atoms with Gasteiger partial charge < -0.3 is 5.32 Å². The molecule has 1 aromatic carbocycles. The van der Waals surface area contributed by atoms with E-state index >= 15 is 0 Å². The first-order valence-corrected chi connectivity index (χ1v) is 5.11. The van der Waals surface area contributed by atoms with Gasteiger partial charge in [-0.05, 0) is 24.6 Å². The summed E-state index contributed by atoms with van der Waals surface area (Å²) in [7, 11) is 0. The Morgan fingerprint density at radius 2 is 2.31 bits per heavy atom. The van der Waals surface area contributed by atoms with E-state index in [1.54, 1.807) is 18.3 Å². The highest BCUT2D eigenvalue weighted by Crippen LogP contribution is 2.18. The van der Waals surface area contributed by atoms with Crippen molar-refractivity contribution in [3.05, 3.63) is 46.7 Å². The highest BCUT2D eigenvalue weighted by atomic mass is 35.5. The Labute approximate surface area is 97.6 Å².